The van der Waals surface area contributed by atoms with E-state index < -0.39 is 0 Å². The topological polar surface area (TPSA) is 38.5 Å². The van der Waals surface area contributed by atoms with Crippen LogP contribution in [-0.4, -0.2) is 14.1 Å². The van der Waals surface area contributed by atoms with Gasteiger partial charge in [0.25, 0.3) is 0 Å². The standard InChI is InChI=1S/C54H46N5O.Pd/c1-53(2,3)39-18-15-21-42(32-39)56-28-29-57(36-56)43-30-38(37-16-9-7-10-17-37)31-45(34-43)60-44-24-25-47-49(35-44)59(50-33-40(26-27-55-50)54(4,5)6)52-46-22-13-14-23-48(46)58(51(47)52)41-19-11-8-12-20-41;/h7-33,36H,1-6H3;/q-3;. The number of anilines is 2. The van der Waals surface area contributed by atoms with Crippen LogP contribution in [0.1, 0.15) is 52.7 Å². The summed E-state index contributed by atoms with van der Waals surface area (Å²) in [4.78, 5) is 9.25. The van der Waals surface area contributed by atoms with Crippen molar-refractivity contribution in [3.63, 3.8) is 0 Å². The van der Waals surface area contributed by atoms with Crippen molar-refractivity contribution >= 4 is 44.2 Å². The minimum absolute atomic E-state index is 0. The van der Waals surface area contributed by atoms with Crippen molar-refractivity contribution in [2.45, 2.75) is 52.4 Å². The molecule has 306 valence electrons. The Hall–Kier alpha value is -6.39. The number of nitrogens with zero attached hydrogens (tertiary/aromatic N) is 5. The first-order chi connectivity index (χ1) is 29.0. The number of pyridine rings is 1. The summed E-state index contributed by atoms with van der Waals surface area (Å²) in [5.41, 5.74) is 11.8. The molecule has 1 aliphatic heterocycles. The average molecular weight is 887 g/mol. The molecule has 3 aromatic heterocycles. The smallest absolute Gasteiger partial charge is 0.135 e. The third kappa shape index (κ3) is 7.43. The van der Waals surface area contributed by atoms with Gasteiger partial charge in [0, 0.05) is 60.4 Å². The van der Waals surface area contributed by atoms with E-state index in [0.717, 1.165) is 66.8 Å². The van der Waals surface area contributed by atoms with Crippen LogP contribution in [0.2, 0.25) is 0 Å². The monoisotopic (exact) mass is 886 g/mol. The van der Waals surface area contributed by atoms with E-state index in [1.807, 2.05) is 18.3 Å². The van der Waals surface area contributed by atoms with Gasteiger partial charge in [-0.15, -0.1) is 48.3 Å². The van der Waals surface area contributed by atoms with Crippen LogP contribution in [0.25, 0.3) is 55.5 Å². The molecule has 61 heavy (non-hydrogen) atoms. The van der Waals surface area contributed by atoms with Crippen molar-refractivity contribution in [1.29, 1.82) is 0 Å². The molecule has 6 aromatic carbocycles. The van der Waals surface area contributed by atoms with Gasteiger partial charge in [-0.25, -0.2) is 4.98 Å². The van der Waals surface area contributed by atoms with Gasteiger partial charge in [0.05, 0.1) is 11.0 Å². The first-order valence-corrected chi connectivity index (χ1v) is 20.5. The van der Waals surface area contributed by atoms with Gasteiger partial charge in [-0.1, -0.05) is 131 Å². The number of ether oxygens (including phenoxy) is 1. The Balaban J connectivity index is 0.00000476. The Labute approximate surface area is 372 Å². The molecule has 0 bridgehead atoms. The molecule has 4 heterocycles. The Morgan fingerprint density at radius 3 is 1.98 bits per heavy atom. The predicted molar refractivity (Wildman–Crippen MR) is 247 cm³/mol. The van der Waals surface area contributed by atoms with Gasteiger partial charge in [-0.2, -0.15) is 6.07 Å². The summed E-state index contributed by atoms with van der Waals surface area (Å²) in [6, 6.07) is 58.4. The molecule has 9 aromatic rings. The van der Waals surface area contributed by atoms with E-state index in [-0.39, 0.29) is 31.3 Å². The zero-order valence-electron chi connectivity index (χ0n) is 35.1. The molecular weight excluding hydrogens is 841 g/mol. The number of para-hydroxylation sites is 2. The predicted octanol–water partition coefficient (Wildman–Crippen LogP) is 13.7. The van der Waals surface area contributed by atoms with E-state index in [4.69, 9.17) is 9.72 Å². The Kier molecular flexibility index (Phi) is 10.2. The molecule has 0 atom stereocenters. The number of benzene rings is 6. The fraction of sp³-hybridized carbons (Fsp3) is 0.148. The second-order valence-corrected chi connectivity index (χ2v) is 17.6. The van der Waals surface area contributed by atoms with Gasteiger partial charge in [0.2, 0.25) is 0 Å². The summed E-state index contributed by atoms with van der Waals surface area (Å²) in [6.45, 7) is 15.5. The minimum atomic E-state index is -0.0669. The zero-order valence-corrected chi connectivity index (χ0v) is 36.7. The molecule has 10 rings (SSSR count). The summed E-state index contributed by atoms with van der Waals surface area (Å²) in [7, 11) is 0. The number of hydrogen-bond acceptors (Lipinski definition) is 4. The largest absolute Gasteiger partial charge is 0.509 e. The average Bonchev–Trinajstić information content (AvgIpc) is 3.97. The summed E-state index contributed by atoms with van der Waals surface area (Å²) in [5, 5.41) is 2.18. The third-order valence-corrected chi connectivity index (χ3v) is 11.4. The van der Waals surface area contributed by atoms with Crippen molar-refractivity contribution in [1.82, 2.24) is 14.1 Å². The quantitative estimate of drug-likeness (QED) is 0.118. The van der Waals surface area contributed by atoms with Gasteiger partial charge >= 0.3 is 0 Å². The Bertz CT molecular complexity index is 3080. The Morgan fingerprint density at radius 1 is 0.541 bits per heavy atom. The molecule has 0 saturated heterocycles. The van der Waals surface area contributed by atoms with Gasteiger partial charge in [-0.3, -0.25) is 0 Å². The number of aromatic nitrogens is 3. The Morgan fingerprint density at radius 2 is 1.21 bits per heavy atom. The van der Waals surface area contributed by atoms with Crippen LogP contribution < -0.4 is 14.5 Å². The SMILES string of the molecule is CC(C)(C)c1cccc(N2C=CN(c3[c-]c(Oc4[c-]c5c(cc4)c4c(c6ccccc6n4-c4ccccc4)n5-c4cc(C(C)(C)C)ccn4)cc(-c4ccccc4)c3)[CH-]2)c1.[Pd]. The van der Waals surface area contributed by atoms with E-state index in [0.29, 0.717) is 11.5 Å². The van der Waals surface area contributed by atoms with E-state index in [1.54, 1.807) is 0 Å². The molecule has 7 heteroatoms. The minimum Gasteiger partial charge on any atom is -0.509 e. The summed E-state index contributed by atoms with van der Waals surface area (Å²) in [5.74, 6) is 2.01. The molecule has 0 fully saturated rings. The molecular formula is C54H46N5OPd-3. The molecule has 0 N–H and O–H groups in total. The fourth-order valence-electron chi connectivity index (χ4n) is 8.20. The summed E-state index contributed by atoms with van der Waals surface area (Å²) >= 11 is 0. The van der Waals surface area contributed by atoms with Crippen molar-refractivity contribution in [3.8, 4) is 34.1 Å². The van der Waals surface area contributed by atoms with Crippen LogP contribution in [0.5, 0.6) is 11.5 Å². The molecule has 6 nitrogen and oxygen atoms in total. The number of fused-ring (bicyclic) bond motifs is 5. The maximum absolute atomic E-state index is 6.83. The second-order valence-electron chi connectivity index (χ2n) is 17.6. The molecule has 0 amide bonds. The third-order valence-electron chi connectivity index (χ3n) is 11.4. The fourth-order valence-corrected chi connectivity index (χ4v) is 8.20. The normalized spacial score (nSPS) is 13.1. The van der Waals surface area contributed by atoms with E-state index in [1.165, 1.54) is 11.1 Å². The van der Waals surface area contributed by atoms with E-state index >= 15 is 0 Å². The van der Waals surface area contributed by atoms with Crippen molar-refractivity contribution < 1.29 is 25.2 Å². The van der Waals surface area contributed by atoms with Gasteiger partial charge in [-0.05, 0) is 82.4 Å². The number of hydrogen-bond donors (Lipinski definition) is 0. The van der Waals surface area contributed by atoms with Crippen LogP contribution in [0.15, 0.2) is 164 Å². The summed E-state index contributed by atoms with van der Waals surface area (Å²) in [6.07, 6.45) is 6.07. The maximum Gasteiger partial charge on any atom is 0.135 e. The molecule has 0 saturated carbocycles. The molecule has 0 aliphatic carbocycles. The first kappa shape index (κ1) is 40.0. The maximum atomic E-state index is 6.83. The molecule has 0 radical (unpaired) electrons. The van der Waals surface area contributed by atoms with Gasteiger partial charge in [0.15, 0.2) is 0 Å². The molecule has 0 spiro atoms. The van der Waals surface area contributed by atoms with Crippen molar-refractivity contribution in [3.05, 3.63) is 194 Å². The van der Waals surface area contributed by atoms with Crippen molar-refractivity contribution in [2.24, 2.45) is 0 Å². The second kappa shape index (κ2) is 15.6. The van der Waals surface area contributed by atoms with Crippen LogP contribution in [0, 0.1) is 18.8 Å². The zero-order chi connectivity index (χ0) is 41.2. The van der Waals surface area contributed by atoms with Gasteiger partial charge < -0.3 is 23.7 Å². The molecule has 1 aliphatic rings. The number of rotatable bonds is 7. The van der Waals surface area contributed by atoms with Crippen LogP contribution >= 0.6 is 0 Å². The van der Waals surface area contributed by atoms with Gasteiger partial charge in [0.1, 0.15) is 5.82 Å². The van der Waals surface area contributed by atoms with E-state index in [9.17, 15) is 0 Å². The van der Waals surface area contributed by atoms with Crippen LogP contribution in [-0.2, 0) is 31.3 Å². The molecule has 0 unspecified atom stereocenters. The van der Waals surface area contributed by atoms with Crippen LogP contribution in [0.4, 0.5) is 11.4 Å². The van der Waals surface area contributed by atoms with E-state index in [2.05, 4.69) is 225 Å². The van der Waals surface area contributed by atoms with Crippen LogP contribution in [0.3, 0.4) is 0 Å². The first-order valence-electron chi connectivity index (χ1n) is 20.5. The van der Waals surface area contributed by atoms with Crippen molar-refractivity contribution in [2.75, 3.05) is 9.80 Å². The summed E-state index contributed by atoms with van der Waals surface area (Å²) < 4.78 is 11.4.